The zero-order chi connectivity index (χ0) is 22.6. The second-order valence-electron chi connectivity index (χ2n) is 8.16. The lowest BCUT2D eigenvalue weighted by molar-refractivity contribution is 0.00578. The first-order chi connectivity index (χ1) is 13.7. The first kappa shape index (κ1) is 23.2. The van der Waals surface area contributed by atoms with Crippen molar-refractivity contribution in [1.82, 2.24) is 0 Å². The fourth-order valence-electron chi connectivity index (χ4n) is 3.15. The Morgan fingerprint density at radius 2 is 1.10 bits per heavy atom. The van der Waals surface area contributed by atoms with Gasteiger partial charge >= 0.3 is 7.12 Å². The molecule has 2 aromatic carbocycles. The van der Waals surface area contributed by atoms with E-state index in [-0.39, 0.29) is 9.94 Å². The highest BCUT2D eigenvalue weighted by Gasteiger charge is 2.52. The monoisotopic (exact) mass is 490 g/mol. The van der Waals surface area contributed by atoms with Crippen LogP contribution < -0.4 is 5.46 Å². The summed E-state index contributed by atoms with van der Waals surface area (Å²) >= 11 is 2.89. The summed E-state index contributed by atoms with van der Waals surface area (Å²) in [5, 5.41) is 20.5. The van der Waals surface area contributed by atoms with Crippen molar-refractivity contribution in [3.63, 3.8) is 0 Å². The lowest BCUT2D eigenvalue weighted by Crippen LogP contribution is -2.41. The first-order valence-electron chi connectivity index (χ1n) is 9.10. The van der Waals surface area contributed by atoms with Crippen LogP contribution in [0.1, 0.15) is 51.0 Å². The lowest BCUT2D eigenvalue weighted by Gasteiger charge is -2.32. The van der Waals surface area contributed by atoms with Gasteiger partial charge in [-0.05, 0) is 57.4 Å². The van der Waals surface area contributed by atoms with E-state index in [0.29, 0.717) is 0 Å². The summed E-state index contributed by atoms with van der Waals surface area (Å²) in [7, 11) is -1.06. The highest BCUT2D eigenvalue weighted by Crippen LogP contribution is 2.38. The average molecular weight is 491 g/mol. The SMILES string of the molecule is CC1(C)OB(c2cc(F)c(C(O)C(O)c3c(F)cc(Br)cc3F)c(F)c2)OC1(C)C. The molecule has 1 saturated heterocycles. The fourth-order valence-corrected chi connectivity index (χ4v) is 3.56. The molecule has 0 amide bonds. The molecule has 1 aliphatic rings. The fraction of sp³-hybridized carbons (Fsp3) is 0.400. The molecule has 2 unspecified atom stereocenters. The zero-order valence-corrected chi connectivity index (χ0v) is 18.2. The van der Waals surface area contributed by atoms with E-state index in [1.54, 1.807) is 27.7 Å². The third-order valence-electron chi connectivity index (χ3n) is 5.56. The van der Waals surface area contributed by atoms with Crippen molar-refractivity contribution in [1.29, 1.82) is 0 Å². The van der Waals surface area contributed by atoms with Crippen molar-refractivity contribution in [2.24, 2.45) is 0 Å². The van der Waals surface area contributed by atoms with Gasteiger partial charge in [-0.2, -0.15) is 0 Å². The molecular weight excluding hydrogens is 471 g/mol. The van der Waals surface area contributed by atoms with E-state index in [1.807, 2.05) is 0 Å². The van der Waals surface area contributed by atoms with Gasteiger partial charge in [-0.25, -0.2) is 17.6 Å². The molecule has 0 spiro atoms. The summed E-state index contributed by atoms with van der Waals surface area (Å²) in [6.45, 7) is 7.09. The number of aliphatic hydroxyl groups is 2. The van der Waals surface area contributed by atoms with E-state index in [4.69, 9.17) is 9.31 Å². The van der Waals surface area contributed by atoms with Gasteiger partial charge in [0.15, 0.2) is 0 Å². The zero-order valence-electron chi connectivity index (χ0n) is 16.6. The van der Waals surface area contributed by atoms with E-state index in [1.165, 1.54) is 0 Å². The van der Waals surface area contributed by atoms with Gasteiger partial charge in [-0.1, -0.05) is 15.9 Å². The number of benzene rings is 2. The standard InChI is InChI=1S/C20H20BBrF4O4/c1-19(2)20(3,4)30-21(29-19)9-5-11(23)15(12(24)6-9)17(27)18(28)16-13(25)7-10(22)8-14(16)26/h5-8,17-18,27-28H,1-4H3. The van der Waals surface area contributed by atoms with Gasteiger partial charge in [0.2, 0.25) is 0 Å². The number of hydrogen-bond acceptors (Lipinski definition) is 4. The summed E-state index contributed by atoms with van der Waals surface area (Å²) in [5.74, 6) is -4.79. The normalized spacial score (nSPS) is 19.8. The molecule has 0 saturated carbocycles. The van der Waals surface area contributed by atoms with Crippen LogP contribution >= 0.6 is 15.9 Å². The van der Waals surface area contributed by atoms with E-state index in [0.717, 1.165) is 24.3 Å². The van der Waals surface area contributed by atoms with Crippen molar-refractivity contribution < 1.29 is 37.1 Å². The summed E-state index contributed by atoms with van der Waals surface area (Å²) in [5.41, 5.74) is -3.29. The Kier molecular flexibility index (Phi) is 6.12. The quantitative estimate of drug-likeness (QED) is 0.501. The van der Waals surface area contributed by atoms with Crippen LogP contribution in [0.3, 0.4) is 0 Å². The summed E-state index contributed by atoms with van der Waals surface area (Å²) in [4.78, 5) is 0. The number of halogens is 5. The van der Waals surface area contributed by atoms with Gasteiger partial charge in [0.05, 0.1) is 22.3 Å². The molecule has 2 aromatic rings. The van der Waals surface area contributed by atoms with Gasteiger partial charge < -0.3 is 19.5 Å². The second-order valence-corrected chi connectivity index (χ2v) is 9.07. The predicted octanol–water partition coefficient (Wildman–Crippen LogP) is 4.07. The van der Waals surface area contributed by atoms with Crippen LogP contribution in [0.25, 0.3) is 0 Å². The maximum atomic E-state index is 14.7. The van der Waals surface area contributed by atoms with Gasteiger partial charge in [0, 0.05) is 4.47 Å². The highest BCUT2D eigenvalue weighted by atomic mass is 79.9. The van der Waals surface area contributed by atoms with E-state index < -0.39 is 64.9 Å². The smallest absolute Gasteiger partial charge is 0.399 e. The molecule has 30 heavy (non-hydrogen) atoms. The van der Waals surface area contributed by atoms with E-state index >= 15 is 0 Å². The number of aliphatic hydroxyl groups excluding tert-OH is 2. The third kappa shape index (κ3) is 4.03. The van der Waals surface area contributed by atoms with Gasteiger partial charge in [0.25, 0.3) is 0 Å². The molecule has 3 rings (SSSR count). The molecule has 1 fully saturated rings. The van der Waals surface area contributed by atoms with Crippen molar-refractivity contribution in [2.75, 3.05) is 0 Å². The molecule has 2 atom stereocenters. The van der Waals surface area contributed by atoms with Gasteiger partial charge in [-0.3, -0.25) is 0 Å². The van der Waals surface area contributed by atoms with Crippen LogP contribution in [0.2, 0.25) is 0 Å². The van der Waals surface area contributed by atoms with Crippen molar-refractivity contribution in [3.05, 3.63) is 63.1 Å². The molecule has 0 radical (unpaired) electrons. The summed E-state index contributed by atoms with van der Waals surface area (Å²) in [6, 6.07) is 3.51. The molecule has 1 aliphatic heterocycles. The van der Waals surface area contributed by atoms with E-state index in [2.05, 4.69) is 15.9 Å². The summed E-state index contributed by atoms with van der Waals surface area (Å²) < 4.78 is 69.2. The summed E-state index contributed by atoms with van der Waals surface area (Å²) in [6.07, 6.45) is -4.51. The largest absolute Gasteiger partial charge is 0.495 e. The average Bonchev–Trinajstić information content (AvgIpc) is 2.80. The maximum absolute atomic E-state index is 14.7. The van der Waals surface area contributed by atoms with Crippen LogP contribution in [-0.2, 0) is 9.31 Å². The Hall–Kier alpha value is -1.46. The molecular formula is C20H20BBrF4O4. The van der Waals surface area contributed by atoms with Crippen LogP contribution in [0.4, 0.5) is 17.6 Å². The van der Waals surface area contributed by atoms with Gasteiger partial charge in [-0.15, -0.1) is 0 Å². The Balaban J connectivity index is 1.95. The topological polar surface area (TPSA) is 58.9 Å². The molecule has 162 valence electrons. The first-order valence-corrected chi connectivity index (χ1v) is 9.89. The van der Waals surface area contributed by atoms with Gasteiger partial charge in [0.1, 0.15) is 35.5 Å². The predicted molar refractivity (Wildman–Crippen MR) is 106 cm³/mol. The minimum atomic E-state index is -2.26. The van der Waals surface area contributed by atoms with Crippen LogP contribution in [0.5, 0.6) is 0 Å². The number of rotatable bonds is 4. The lowest BCUT2D eigenvalue weighted by atomic mass is 9.78. The van der Waals surface area contributed by atoms with Crippen molar-refractivity contribution in [3.8, 4) is 0 Å². The highest BCUT2D eigenvalue weighted by molar-refractivity contribution is 9.10. The molecule has 1 heterocycles. The van der Waals surface area contributed by atoms with Crippen molar-refractivity contribution in [2.45, 2.75) is 51.1 Å². The Bertz CT molecular complexity index is 923. The second kappa shape index (κ2) is 7.91. The minimum Gasteiger partial charge on any atom is -0.399 e. The van der Waals surface area contributed by atoms with Crippen LogP contribution in [0.15, 0.2) is 28.7 Å². The molecule has 2 N–H and O–H groups in total. The van der Waals surface area contributed by atoms with Crippen molar-refractivity contribution >= 4 is 28.5 Å². The Morgan fingerprint density at radius 3 is 1.47 bits per heavy atom. The molecule has 0 aromatic heterocycles. The molecule has 0 aliphatic carbocycles. The minimum absolute atomic E-state index is 0.0232. The van der Waals surface area contributed by atoms with E-state index in [9.17, 15) is 27.8 Å². The molecule has 4 nitrogen and oxygen atoms in total. The Morgan fingerprint density at radius 1 is 0.767 bits per heavy atom. The molecule has 10 heteroatoms. The number of hydrogen-bond donors (Lipinski definition) is 2. The Labute approximate surface area is 180 Å². The third-order valence-corrected chi connectivity index (χ3v) is 6.02. The maximum Gasteiger partial charge on any atom is 0.495 e. The molecule has 0 bridgehead atoms. The van der Waals surface area contributed by atoms with Crippen LogP contribution in [-0.4, -0.2) is 28.5 Å². The van der Waals surface area contributed by atoms with Crippen LogP contribution in [0, 0.1) is 23.3 Å².